The Balaban J connectivity index is 1.78. The first-order valence-corrected chi connectivity index (χ1v) is 9.27. The Hall–Kier alpha value is -2.42. The van der Waals surface area contributed by atoms with Crippen molar-refractivity contribution in [3.63, 3.8) is 0 Å². The number of halogens is 3. The maximum absolute atomic E-state index is 12.8. The highest BCUT2D eigenvalue weighted by molar-refractivity contribution is 5.69. The number of rotatable bonds is 4. The van der Waals surface area contributed by atoms with E-state index in [0.717, 1.165) is 32.0 Å². The lowest BCUT2D eigenvalue weighted by Gasteiger charge is -2.35. The summed E-state index contributed by atoms with van der Waals surface area (Å²) in [5.41, 5.74) is -0.0216. The molecule has 2 heterocycles. The van der Waals surface area contributed by atoms with E-state index in [0.29, 0.717) is 23.8 Å². The number of phenols is 1. The Morgan fingerprint density at radius 2 is 2.00 bits per heavy atom. The number of piperidine rings is 1. The highest BCUT2D eigenvalue weighted by atomic mass is 19.4. The van der Waals surface area contributed by atoms with Crippen LogP contribution >= 0.6 is 0 Å². The Bertz CT molecular complexity index is 841. The molecule has 1 atom stereocenters. The van der Waals surface area contributed by atoms with Gasteiger partial charge in [-0.25, -0.2) is 4.98 Å². The minimum absolute atomic E-state index is 0.167. The second kappa shape index (κ2) is 7.90. The van der Waals surface area contributed by atoms with Gasteiger partial charge in [0.25, 0.3) is 0 Å². The summed E-state index contributed by atoms with van der Waals surface area (Å²) in [4.78, 5) is 6.77. The summed E-state index contributed by atoms with van der Waals surface area (Å²) in [6, 6.07) is 3.46. The van der Waals surface area contributed by atoms with Crippen molar-refractivity contribution in [1.29, 1.82) is 0 Å². The zero-order valence-corrected chi connectivity index (χ0v) is 16.1. The molecule has 9 heteroatoms. The van der Waals surface area contributed by atoms with Gasteiger partial charge in [0.15, 0.2) is 0 Å². The standard InChI is InChI=1S/C19H24F3N5O/c1-11(2)27-8-4-5-14(10-27)24-18-23-12(3)17(25-26-18)15-7-6-13(9-16(15)28)19(20,21)22/h6-7,9,11,14,28H,4-5,8,10H2,1-3H3,(H,23,24,26)/t14-/m1/s1. The van der Waals surface area contributed by atoms with Gasteiger partial charge in [0, 0.05) is 24.2 Å². The lowest BCUT2D eigenvalue weighted by atomic mass is 10.0. The van der Waals surface area contributed by atoms with Crippen LogP contribution in [0.25, 0.3) is 11.3 Å². The van der Waals surface area contributed by atoms with E-state index >= 15 is 0 Å². The summed E-state index contributed by atoms with van der Waals surface area (Å²) in [6.07, 6.45) is -2.43. The molecule has 6 nitrogen and oxygen atoms in total. The number of hydrogen-bond donors (Lipinski definition) is 2. The average Bonchev–Trinajstić information content (AvgIpc) is 2.62. The number of anilines is 1. The van der Waals surface area contributed by atoms with E-state index in [1.54, 1.807) is 6.92 Å². The molecule has 0 bridgehead atoms. The monoisotopic (exact) mass is 395 g/mol. The van der Waals surface area contributed by atoms with Crippen molar-refractivity contribution in [2.75, 3.05) is 18.4 Å². The number of likely N-dealkylation sites (tertiary alicyclic amines) is 1. The van der Waals surface area contributed by atoms with E-state index in [1.807, 2.05) is 0 Å². The Kier molecular flexibility index (Phi) is 5.74. The topological polar surface area (TPSA) is 74.2 Å². The van der Waals surface area contributed by atoms with Gasteiger partial charge in [-0.15, -0.1) is 10.2 Å². The molecule has 1 aliphatic rings. The van der Waals surface area contributed by atoms with Gasteiger partial charge in [-0.05, 0) is 58.4 Å². The van der Waals surface area contributed by atoms with Gasteiger partial charge in [0.1, 0.15) is 11.4 Å². The second-order valence-corrected chi connectivity index (χ2v) is 7.37. The maximum Gasteiger partial charge on any atom is 0.416 e. The van der Waals surface area contributed by atoms with Crippen LogP contribution in [-0.2, 0) is 6.18 Å². The van der Waals surface area contributed by atoms with E-state index in [4.69, 9.17) is 0 Å². The van der Waals surface area contributed by atoms with Crippen LogP contribution in [0.2, 0.25) is 0 Å². The number of nitrogens with zero attached hydrogens (tertiary/aromatic N) is 4. The molecule has 0 aliphatic carbocycles. The normalized spacial score (nSPS) is 18.5. The zero-order chi connectivity index (χ0) is 20.5. The van der Waals surface area contributed by atoms with Crippen LogP contribution < -0.4 is 5.32 Å². The minimum atomic E-state index is -4.52. The Labute approximate surface area is 161 Å². The summed E-state index contributed by atoms with van der Waals surface area (Å²) >= 11 is 0. The first-order chi connectivity index (χ1) is 13.1. The molecule has 0 spiro atoms. The fourth-order valence-electron chi connectivity index (χ4n) is 3.40. The summed E-state index contributed by atoms with van der Waals surface area (Å²) in [6.45, 7) is 7.97. The van der Waals surface area contributed by atoms with Crippen LogP contribution in [0.1, 0.15) is 37.9 Å². The first kappa shape index (κ1) is 20.3. The lowest BCUT2D eigenvalue weighted by Crippen LogP contribution is -2.45. The number of phenolic OH excluding ortho intramolecular Hbond substituents is 1. The van der Waals surface area contributed by atoms with Crippen molar-refractivity contribution >= 4 is 5.95 Å². The Morgan fingerprint density at radius 3 is 2.61 bits per heavy atom. The third-order valence-corrected chi connectivity index (χ3v) is 4.96. The van der Waals surface area contributed by atoms with Crippen molar-refractivity contribution in [3.8, 4) is 17.0 Å². The van der Waals surface area contributed by atoms with Crippen molar-refractivity contribution in [2.45, 2.75) is 51.9 Å². The maximum atomic E-state index is 12.8. The molecule has 1 saturated heterocycles. The predicted octanol–water partition coefficient (Wildman–Crippen LogP) is 3.86. The summed E-state index contributed by atoms with van der Waals surface area (Å²) in [5, 5.41) is 21.5. The number of aromatic nitrogens is 3. The minimum Gasteiger partial charge on any atom is -0.507 e. The highest BCUT2D eigenvalue weighted by Gasteiger charge is 2.31. The smallest absolute Gasteiger partial charge is 0.416 e. The van der Waals surface area contributed by atoms with Gasteiger partial charge in [-0.3, -0.25) is 4.90 Å². The van der Waals surface area contributed by atoms with Gasteiger partial charge < -0.3 is 10.4 Å². The van der Waals surface area contributed by atoms with Crippen LogP contribution in [-0.4, -0.2) is 50.4 Å². The third kappa shape index (κ3) is 4.52. The molecule has 0 unspecified atom stereocenters. The van der Waals surface area contributed by atoms with Gasteiger partial charge in [0.05, 0.1) is 11.3 Å². The largest absolute Gasteiger partial charge is 0.507 e. The van der Waals surface area contributed by atoms with Gasteiger partial charge in [0.2, 0.25) is 5.95 Å². The molecule has 0 amide bonds. The number of alkyl halides is 3. The molecule has 3 rings (SSSR count). The Morgan fingerprint density at radius 1 is 1.25 bits per heavy atom. The summed E-state index contributed by atoms with van der Waals surface area (Å²) in [5.74, 6) is -0.127. The molecule has 1 aromatic heterocycles. The number of nitrogens with one attached hydrogen (secondary N) is 1. The fraction of sp³-hybridized carbons (Fsp3) is 0.526. The summed E-state index contributed by atoms with van der Waals surface area (Å²) < 4.78 is 38.3. The van der Waals surface area contributed by atoms with Crippen molar-refractivity contribution < 1.29 is 18.3 Å². The molecule has 152 valence electrons. The molecular weight excluding hydrogens is 371 g/mol. The van der Waals surface area contributed by atoms with E-state index in [1.165, 1.54) is 6.07 Å². The number of benzene rings is 1. The van der Waals surface area contributed by atoms with Crippen molar-refractivity contribution in [1.82, 2.24) is 20.1 Å². The van der Waals surface area contributed by atoms with Gasteiger partial charge in [-0.1, -0.05) is 0 Å². The van der Waals surface area contributed by atoms with Crippen LogP contribution in [0.5, 0.6) is 5.75 Å². The number of aryl methyl sites for hydroxylation is 1. The third-order valence-electron chi connectivity index (χ3n) is 4.96. The van der Waals surface area contributed by atoms with Crippen molar-refractivity contribution in [3.05, 3.63) is 29.5 Å². The predicted molar refractivity (Wildman–Crippen MR) is 100 cm³/mol. The van der Waals surface area contributed by atoms with Gasteiger partial charge >= 0.3 is 6.18 Å². The molecular formula is C19H24F3N5O. The average molecular weight is 395 g/mol. The van der Waals surface area contributed by atoms with E-state index in [9.17, 15) is 18.3 Å². The first-order valence-electron chi connectivity index (χ1n) is 9.27. The number of aromatic hydroxyl groups is 1. The van der Waals surface area contributed by atoms with Gasteiger partial charge in [-0.2, -0.15) is 13.2 Å². The van der Waals surface area contributed by atoms with E-state index < -0.39 is 17.5 Å². The van der Waals surface area contributed by atoms with Crippen LogP contribution in [0.3, 0.4) is 0 Å². The van der Waals surface area contributed by atoms with Crippen LogP contribution in [0, 0.1) is 6.92 Å². The van der Waals surface area contributed by atoms with Crippen LogP contribution in [0.15, 0.2) is 18.2 Å². The molecule has 1 fully saturated rings. The second-order valence-electron chi connectivity index (χ2n) is 7.37. The molecule has 2 aromatic rings. The van der Waals surface area contributed by atoms with Crippen molar-refractivity contribution in [2.24, 2.45) is 0 Å². The molecule has 2 N–H and O–H groups in total. The molecule has 0 radical (unpaired) electrons. The molecule has 1 aromatic carbocycles. The SMILES string of the molecule is Cc1nc(N[C@@H]2CCCN(C(C)C)C2)nnc1-c1ccc(C(F)(F)F)cc1O. The van der Waals surface area contributed by atoms with Crippen LogP contribution in [0.4, 0.5) is 19.1 Å². The fourth-order valence-corrected chi connectivity index (χ4v) is 3.40. The highest BCUT2D eigenvalue weighted by Crippen LogP contribution is 2.36. The molecule has 0 saturated carbocycles. The lowest BCUT2D eigenvalue weighted by molar-refractivity contribution is -0.137. The molecule has 28 heavy (non-hydrogen) atoms. The number of hydrogen-bond acceptors (Lipinski definition) is 6. The van der Waals surface area contributed by atoms with E-state index in [-0.39, 0.29) is 17.3 Å². The van der Waals surface area contributed by atoms with E-state index in [2.05, 4.69) is 39.2 Å². The zero-order valence-electron chi connectivity index (χ0n) is 16.1. The quantitative estimate of drug-likeness (QED) is 0.819. The molecule has 1 aliphatic heterocycles. The summed E-state index contributed by atoms with van der Waals surface area (Å²) in [7, 11) is 0.